The maximum Gasteiger partial charge on any atom is 0.241 e. The number of likely N-dealkylation sites (N-methyl/N-ethyl adjacent to an activating group) is 1. The molecule has 1 aromatic rings. The summed E-state index contributed by atoms with van der Waals surface area (Å²) in [6.07, 6.45) is 2.12. The molecule has 0 bridgehead atoms. The number of halogens is 1. The van der Waals surface area contributed by atoms with E-state index in [0.29, 0.717) is 13.1 Å². The molecule has 0 aliphatic carbocycles. The van der Waals surface area contributed by atoms with Gasteiger partial charge in [-0.05, 0) is 31.5 Å². The SMILES string of the molecule is CCN(CC(=O)NCC(=O)N1CCCC1)Cc1ccc(Cl)s1. The third kappa shape index (κ3) is 5.26. The van der Waals surface area contributed by atoms with Gasteiger partial charge in [-0.25, -0.2) is 0 Å². The normalized spacial score (nSPS) is 14.6. The molecule has 122 valence electrons. The first-order valence-electron chi connectivity index (χ1n) is 7.59. The van der Waals surface area contributed by atoms with Crippen LogP contribution in [-0.4, -0.2) is 54.3 Å². The van der Waals surface area contributed by atoms with Crippen LogP contribution in [0.2, 0.25) is 4.34 Å². The zero-order chi connectivity index (χ0) is 15.9. The van der Waals surface area contributed by atoms with E-state index in [-0.39, 0.29) is 18.4 Å². The number of rotatable bonds is 7. The Morgan fingerprint density at radius 1 is 1.36 bits per heavy atom. The summed E-state index contributed by atoms with van der Waals surface area (Å²) in [7, 11) is 0. The molecule has 0 radical (unpaired) electrons. The van der Waals surface area contributed by atoms with Gasteiger partial charge in [-0.15, -0.1) is 11.3 Å². The molecule has 22 heavy (non-hydrogen) atoms. The second kappa shape index (κ2) is 8.50. The first-order valence-corrected chi connectivity index (χ1v) is 8.79. The Bertz CT molecular complexity index is 515. The van der Waals surface area contributed by atoms with Gasteiger partial charge >= 0.3 is 0 Å². The molecule has 7 heteroatoms. The molecule has 1 N–H and O–H groups in total. The quantitative estimate of drug-likeness (QED) is 0.823. The smallest absolute Gasteiger partial charge is 0.241 e. The monoisotopic (exact) mass is 343 g/mol. The first kappa shape index (κ1) is 17.2. The lowest BCUT2D eigenvalue weighted by atomic mass is 10.4. The van der Waals surface area contributed by atoms with Gasteiger partial charge in [0, 0.05) is 24.5 Å². The van der Waals surface area contributed by atoms with Crippen molar-refractivity contribution >= 4 is 34.8 Å². The van der Waals surface area contributed by atoms with Crippen molar-refractivity contribution in [3.8, 4) is 0 Å². The number of likely N-dealkylation sites (tertiary alicyclic amines) is 1. The highest BCUT2D eigenvalue weighted by Gasteiger charge is 2.18. The highest BCUT2D eigenvalue weighted by Crippen LogP contribution is 2.22. The Morgan fingerprint density at radius 2 is 2.09 bits per heavy atom. The van der Waals surface area contributed by atoms with Gasteiger partial charge in [0.05, 0.1) is 17.4 Å². The van der Waals surface area contributed by atoms with Gasteiger partial charge in [-0.1, -0.05) is 18.5 Å². The van der Waals surface area contributed by atoms with Gasteiger partial charge < -0.3 is 10.2 Å². The van der Waals surface area contributed by atoms with E-state index in [2.05, 4.69) is 5.32 Å². The molecule has 2 amide bonds. The fraction of sp³-hybridized carbons (Fsp3) is 0.600. The van der Waals surface area contributed by atoms with Crippen LogP contribution in [0.5, 0.6) is 0 Å². The minimum atomic E-state index is -0.114. The number of nitrogens with one attached hydrogen (secondary N) is 1. The van der Waals surface area contributed by atoms with E-state index in [4.69, 9.17) is 11.6 Å². The lowest BCUT2D eigenvalue weighted by molar-refractivity contribution is -0.132. The van der Waals surface area contributed by atoms with E-state index >= 15 is 0 Å². The van der Waals surface area contributed by atoms with Crippen molar-refractivity contribution in [1.82, 2.24) is 15.1 Å². The van der Waals surface area contributed by atoms with Crippen LogP contribution in [0.25, 0.3) is 0 Å². The van der Waals surface area contributed by atoms with Crippen LogP contribution in [0.1, 0.15) is 24.6 Å². The molecule has 5 nitrogen and oxygen atoms in total. The summed E-state index contributed by atoms with van der Waals surface area (Å²) in [4.78, 5) is 28.8. The van der Waals surface area contributed by atoms with Crippen LogP contribution >= 0.6 is 22.9 Å². The molecule has 0 spiro atoms. The van der Waals surface area contributed by atoms with E-state index in [1.165, 1.54) is 11.3 Å². The van der Waals surface area contributed by atoms with E-state index in [1.54, 1.807) is 0 Å². The molecule has 0 unspecified atom stereocenters. The van der Waals surface area contributed by atoms with Crippen LogP contribution in [-0.2, 0) is 16.1 Å². The average molecular weight is 344 g/mol. The Balaban J connectivity index is 1.73. The molecule has 2 rings (SSSR count). The van der Waals surface area contributed by atoms with E-state index in [9.17, 15) is 9.59 Å². The van der Waals surface area contributed by atoms with Crippen molar-refractivity contribution < 1.29 is 9.59 Å². The Morgan fingerprint density at radius 3 is 2.68 bits per heavy atom. The highest BCUT2D eigenvalue weighted by atomic mass is 35.5. The van der Waals surface area contributed by atoms with Crippen LogP contribution in [0.15, 0.2) is 12.1 Å². The molecule has 0 atom stereocenters. The topological polar surface area (TPSA) is 52.7 Å². The van der Waals surface area contributed by atoms with E-state index in [1.807, 2.05) is 28.9 Å². The van der Waals surface area contributed by atoms with Crippen LogP contribution < -0.4 is 5.32 Å². The molecule has 1 aliphatic heterocycles. The summed E-state index contributed by atoms with van der Waals surface area (Å²) in [5, 5.41) is 2.72. The van der Waals surface area contributed by atoms with Gasteiger partial charge in [0.15, 0.2) is 0 Å². The predicted octanol–water partition coefficient (Wildman–Crippen LogP) is 1.96. The van der Waals surface area contributed by atoms with Crippen molar-refractivity contribution in [2.45, 2.75) is 26.3 Å². The largest absolute Gasteiger partial charge is 0.346 e. The van der Waals surface area contributed by atoms with Gasteiger partial charge in [0.2, 0.25) is 11.8 Å². The predicted molar refractivity (Wildman–Crippen MR) is 89.1 cm³/mol. The Kier molecular flexibility index (Phi) is 6.67. The number of hydrogen-bond donors (Lipinski definition) is 1. The van der Waals surface area contributed by atoms with Gasteiger partial charge in [0.1, 0.15) is 0 Å². The lowest BCUT2D eigenvalue weighted by Crippen LogP contribution is -2.42. The molecular weight excluding hydrogens is 322 g/mol. The number of carbonyl (C=O) groups is 2. The second-order valence-electron chi connectivity index (χ2n) is 5.37. The summed E-state index contributed by atoms with van der Waals surface area (Å²) in [5.41, 5.74) is 0. The fourth-order valence-corrected chi connectivity index (χ4v) is 3.58. The zero-order valence-corrected chi connectivity index (χ0v) is 14.4. The average Bonchev–Trinajstić information content (AvgIpc) is 3.15. The molecular formula is C15H22ClN3O2S. The molecule has 0 saturated carbocycles. The highest BCUT2D eigenvalue weighted by molar-refractivity contribution is 7.16. The standard InChI is InChI=1S/C15H22ClN3O2S/c1-2-18(10-12-5-6-13(16)22-12)11-14(20)17-9-15(21)19-7-3-4-8-19/h5-6H,2-4,7-11H2,1H3,(H,17,20). The fourth-order valence-electron chi connectivity index (χ4n) is 2.45. The third-order valence-electron chi connectivity index (χ3n) is 3.72. The van der Waals surface area contributed by atoms with Crippen molar-refractivity contribution in [1.29, 1.82) is 0 Å². The minimum Gasteiger partial charge on any atom is -0.346 e. The molecule has 1 aliphatic rings. The summed E-state index contributed by atoms with van der Waals surface area (Å²) in [6.45, 7) is 5.49. The molecule has 2 heterocycles. The minimum absolute atomic E-state index is 0.0129. The van der Waals surface area contributed by atoms with Crippen LogP contribution in [0, 0.1) is 0 Å². The molecule has 0 aromatic carbocycles. The zero-order valence-electron chi connectivity index (χ0n) is 12.8. The lowest BCUT2D eigenvalue weighted by Gasteiger charge is -2.20. The van der Waals surface area contributed by atoms with Crippen molar-refractivity contribution in [2.24, 2.45) is 0 Å². The van der Waals surface area contributed by atoms with Crippen LogP contribution in [0.4, 0.5) is 0 Å². The number of thiophene rings is 1. The number of amides is 2. The summed E-state index contributed by atoms with van der Waals surface area (Å²) in [6, 6.07) is 3.84. The Labute approximate surface area is 140 Å². The number of nitrogens with zero attached hydrogens (tertiary/aromatic N) is 2. The van der Waals surface area contributed by atoms with Gasteiger partial charge in [0.25, 0.3) is 0 Å². The van der Waals surface area contributed by atoms with Gasteiger partial charge in [-0.2, -0.15) is 0 Å². The molecule has 1 saturated heterocycles. The second-order valence-corrected chi connectivity index (χ2v) is 7.17. The van der Waals surface area contributed by atoms with Crippen LogP contribution in [0.3, 0.4) is 0 Å². The summed E-state index contributed by atoms with van der Waals surface area (Å²) in [5.74, 6) is -0.101. The summed E-state index contributed by atoms with van der Waals surface area (Å²) >= 11 is 7.44. The maximum absolute atomic E-state index is 12.0. The molecule has 1 fully saturated rings. The Hall–Kier alpha value is -1.11. The number of hydrogen-bond acceptors (Lipinski definition) is 4. The van der Waals surface area contributed by atoms with Crippen molar-refractivity contribution in [3.05, 3.63) is 21.3 Å². The summed E-state index contributed by atoms with van der Waals surface area (Å²) < 4.78 is 0.756. The van der Waals surface area contributed by atoms with E-state index in [0.717, 1.165) is 41.7 Å². The maximum atomic E-state index is 12.0. The van der Waals surface area contributed by atoms with E-state index < -0.39 is 0 Å². The van der Waals surface area contributed by atoms with Crippen molar-refractivity contribution in [3.63, 3.8) is 0 Å². The first-order chi connectivity index (χ1) is 10.6. The third-order valence-corrected chi connectivity index (χ3v) is 4.93. The van der Waals surface area contributed by atoms with Crippen molar-refractivity contribution in [2.75, 3.05) is 32.7 Å². The van der Waals surface area contributed by atoms with Gasteiger partial charge in [-0.3, -0.25) is 14.5 Å². The number of carbonyl (C=O) groups excluding carboxylic acids is 2. The molecule has 1 aromatic heterocycles.